The molecule has 3 rings (SSSR count). The van der Waals surface area contributed by atoms with Gasteiger partial charge in [-0.05, 0) is 53.8 Å². The molecule has 114 valence electrons. The molecule has 1 aliphatic rings. The van der Waals surface area contributed by atoms with Crippen LogP contribution in [-0.4, -0.2) is 25.0 Å². The molecule has 2 aromatic rings. The van der Waals surface area contributed by atoms with E-state index in [1.165, 1.54) is 16.7 Å². The summed E-state index contributed by atoms with van der Waals surface area (Å²) in [5.41, 5.74) is 3.73. The van der Waals surface area contributed by atoms with Gasteiger partial charge >= 0.3 is 0 Å². The second kappa shape index (κ2) is 6.53. The maximum Gasteiger partial charge on any atom is 0.210 e. The number of halogens is 1. The summed E-state index contributed by atoms with van der Waals surface area (Å²) in [6.07, 6.45) is 2.67. The normalized spacial score (nSPS) is 17.0. The molecule has 0 unspecified atom stereocenters. The minimum Gasteiger partial charge on any atom is -0.497 e. The number of carbonyl (C=O) groups is 1. The van der Waals surface area contributed by atoms with Gasteiger partial charge in [-0.25, -0.2) is 0 Å². The summed E-state index contributed by atoms with van der Waals surface area (Å²) in [6, 6.07) is 14.5. The van der Waals surface area contributed by atoms with E-state index < -0.39 is 0 Å². The first kappa shape index (κ1) is 15.1. The maximum atomic E-state index is 11.4. The Bertz CT molecular complexity index is 669. The molecule has 1 aliphatic heterocycles. The number of fused-ring (bicyclic) bond motifs is 1. The first-order valence-electron chi connectivity index (χ1n) is 7.33. The highest BCUT2D eigenvalue weighted by Gasteiger charge is 2.26. The van der Waals surface area contributed by atoms with E-state index in [2.05, 4.69) is 40.2 Å². The van der Waals surface area contributed by atoms with Gasteiger partial charge in [0.1, 0.15) is 5.75 Å². The molecule has 0 bridgehead atoms. The third-order valence-electron chi connectivity index (χ3n) is 4.23. The second-order valence-electron chi connectivity index (χ2n) is 5.50. The number of ether oxygens (including phenoxy) is 1. The molecule has 0 saturated heterocycles. The lowest BCUT2D eigenvalue weighted by atomic mass is 9.89. The average Bonchev–Trinajstić information content (AvgIpc) is 2.56. The van der Waals surface area contributed by atoms with Crippen molar-refractivity contribution in [3.63, 3.8) is 0 Å². The molecule has 0 aliphatic carbocycles. The average molecular weight is 360 g/mol. The van der Waals surface area contributed by atoms with Gasteiger partial charge in [0.2, 0.25) is 6.41 Å². The third-order valence-corrected chi connectivity index (χ3v) is 4.76. The summed E-state index contributed by atoms with van der Waals surface area (Å²) in [7, 11) is 1.68. The zero-order valence-electron chi connectivity index (χ0n) is 12.5. The molecule has 1 amide bonds. The summed E-state index contributed by atoms with van der Waals surface area (Å²) in [5.74, 6) is 0.876. The van der Waals surface area contributed by atoms with Crippen LogP contribution in [-0.2, 0) is 17.6 Å². The monoisotopic (exact) mass is 359 g/mol. The summed E-state index contributed by atoms with van der Waals surface area (Å²) in [6.45, 7) is 0.755. The Morgan fingerprint density at radius 3 is 2.73 bits per heavy atom. The van der Waals surface area contributed by atoms with E-state index >= 15 is 0 Å². The van der Waals surface area contributed by atoms with Crippen molar-refractivity contribution in [3.8, 4) is 5.75 Å². The van der Waals surface area contributed by atoms with Gasteiger partial charge < -0.3 is 9.64 Å². The molecule has 0 aromatic heterocycles. The molecule has 2 aromatic carbocycles. The largest absolute Gasteiger partial charge is 0.497 e. The summed E-state index contributed by atoms with van der Waals surface area (Å²) in [4.78, 5) is 13.3. The van der Waals surface area contributed by atoms with Crippen molar-refractivity contribution in [2.24, 2.45) is 0 Å². The molecule has 22 heavy (non-hydrogen) atoms. The van der Waals surface area contributed by atoms with Crippen molar-refractivity contribution in [2.75, 3.05) is 13.7 Å². The van der Waals surface area contributed by atoms with E-state index in [-0.39, 0.29) is 6.04 Å². The van der Waals surface area contributed by atoms with Crippen molar-refractivity contribution >= 4 is 22.3 Å². The van der Waals surface area contributed by atoms with Crippen molar-refractivity contribution in [1.82, 2.24) is 4.90 Å². The van der Waals surface area contributed by atoms with Gasteiger partial charge in [-0.1, -0.05) is 34.1 Å². The lowest BCUT2D eigenvalue weighted by Crippen LogP contribution is -2.35. The smallest absolute Gasteiger partial charge is 0.210 e. The first-order chi connectivity index (χ1) is 10.7. The zero-order valence-corrected chi connectivity index (χ0v) is 14.0. The van der Waals surface area contributed by atoms with Crippen LogP contribution in [0.4, 0.5) is 0 Å². The molecular weight excluding hydrogens is 342 g/mol. The van der Waals surface area contributed by atoms with Crippen LogP contribution in [0.3, 0.4) is 0 Å². The number of nitrogens with zero attached hydrogens (tertiary/aromatic N) is 1. The van der Waals surface area contributed by atoms with Gasteiger partial charge in [-0.3, -0.25) is 4.79 Å². The van der Waals surface area contributed by atoms with Crippen LogP contribution in [0.2, 0.25) is 0 Å². The van der Waals surface area contributed by atoms with Crippen molar-refractivity contribution in [3.05, 3.63) is 63.6 Å². The summed E-state index contributed by atoms with van der Waals surface area (Å²) in [5, 5.41) is 0. The fourth-order valence-corrected chi connectivity index (χ4v) is 3.30. The Labute approximate surface area is 139 Å². The minimum atomic E-state index is 0.0910. The minimum absolute atomic E-state index is 0.0910. The number of methoxy groups -OCH3 is 1. The molecule has 1 heterocycles. The molecule has 0 fully saturated rings. The predicted octanol–water partition coefficient (Wildman–Crippen LogP) is 3.76. The Hall–Kier alpha value is -1.81. The van der Waals surface area contributed by atoms with E-state index in [1.807, 2.05) is 23.1 Å². The van der Waals surface area contributed by atoms with Gasteiger partial charge in [0, 0.05) is 11.0 Å². The third kappa shape index (κ3) is 3.02. The quantitative estimate of drug-likeness (QED) is 0.778. The number of rotatable bonds is 4. The predicted molar refractivity (Wildman–Crippen MR) is 90.1 cm³/mol. The van der Waals surface area contributed by atoms with Crippen LogP contribution in [0.5, 0.6) is 5.75 Å². The Morgan fingerprint density at radius 2 is 2.05 bits per heavy atom. The molecule has 0 radical (unpaired) electrons. The van der Waals surface area contributed by atoms with Crippen LogP contribution < -0.4 is 4.74 Å². The molecule has 0 N–H and O–H groups in total. The summed E-state index contributed by atoms with van der Waals surface area (Å²) >= 11 is 3.46. The van der Waals surface area contributed by atoms with E-state index in [0.717, 1.165) is 36.0 Å². The highest BCUT2D eigenvalue weighted by Crippen LogP contribution is 2.33. The fourth-order valence-electron chi connectivity index (χ4n) is 3.03. The zero-order chi connectivity index (χ0) is 15.5. The Balaban J connectivity index is 1.93. The van der Waals surface area contributed by atoms with Crippen LogP contribution in [0, 0.1) is 0 Å². The fraction of sp³-hybridized carbons (Fsp3) is 0.278. The van der Waals surface area contributed by atoms with Gasteiger partial charge in [-0.2, -0.15) is 0 Å². The van der Waals surface area contributed by atoms with E-state index in [9.17, 15) is 4.79 Å². The standard InChI is InChI=1S/C18H18BrNO2/c1-22-16-6-7-17-14(11-16)8-9-20(12-21)18(17)10-13-2-4-15(19)5-3-13/h2-7,11-12,18H,8-10H2,1H3/t18-/m1/s1. The number of hydrogen-bond donors (Lipinski definition) is 0. The van der Waals surface area contributed by atoms with E-state index in [0.29, 0.717) is 0 Å². The second-order valence-corrected chi connectivity index (χ2v) is 6.42. The lowest BCUT2D eigenvalue weighted by molar-refractivity contribution is -0.120. The van der Waals surface area contributed by atoms with Gasteiger partial charge in [0.25, 0.3) is 0 Å². The highest BCUT2D eigenvalue weighted by molar-refractivity contribution is 9.10. The van der Waals surface area contributed by atoms with Gasteiger partial charge in [0.05, 0.1) is 13.2 Å². The van der Waals surface area contributed by atoms with E-state index in [1.54, 1.807) is 7.11 Å². The topological polar surface area (TPSA) is 29.5 Å². The highest BCUT2D eigenvalue weighted by atomic mass is 79.9. The first-order valence-corrected chi connectivity index (χ1v) is 8.13. The Morgan fingerprint density at radius 1 is 1.27 bits per heavy atom. The molecule has 1 atom stereocenters. The van der Waals surface area contributed by atoms with Crippen LogP contribution in [0.25, 0.3) is 0 Å². The molecule has 4 heteroatoms. The number of benzene rings is 2. The number of hydrogen-bond acceptors (Lipinski definition) is 2. The van der Waals surface area contributed by atoms with Crippen LogP contribution >= 0.6 is 15.9 Å². The van der Waals surface area contributed by atoms with E-state index in [4.69, 9.17) is 4.74 Å². The van der Waals surface area contributed by atoms with Crippen molar-refractivity contribution in [2.45, 2.75) is 18.9 Å². The molecular formula is C18H18BrNO2. The van der Waals surface area contributed by atoms with Crippen LogP contribution in [0.1, 0.15) is 22.7 Å². The summed E-state index contributed by atoms with van der Waals surface area (Å²) < 4.78 is 6.38. The van der Waals surface area contributed by atoms with Crippen molar-refractivity contribution in [1.29, 1.82) is 0 Å². The van der Waals surface area contributed by atoms with Gasteiger partial charge in [0.15, 0.2) is 0 Å². The van der Waals surface area contributed by atoms with Gasteiger partial charge in [-0.15, -0.1) is 0 Å². The maximum absolute atomic E-state index is 11.4. The molecule has 0 saturated carbocycles. The Kier molecular flexibility index (Phi) is 4.48. The number of amides is 1. The SMILES string of the molecule is COc1ccc2c(c1)CCN(C=O)[C@@H]2Cc1ccc(Br)cc1. The molecule has 3 nitrogen and oxygen atoms in total. The van der Waals surface area contributed by atoms with Crippen LogP contribution in [0.15, 0.2) is 46.9 Å². The lowest BCUT2D eigenvalue weighted by Gasteiger charge is -2.35. The molecule has 0 spiro atoms. The van der Waals surface area contributed by atoms with Crippen molar-refractivity contribution < 1.29 is 9.53 Å². The number of carbonyl (C=O) groups excluding carboxylic acids is 1.